The van der Waals surface area contributed by atoms with Gasteiger partial charge in [-0.25, -0.2) is 4.98 Å². The first-order valence-corrected chi connectivity index (χ1v) is 7.49. The molecule has 1 fully saturated rings. The summed E-state index contributed by atoms with van der Waals surface area (Å²) in [6.45, 7) is 2.09. The molecule has 92 valence electrons. The summed E-state index contributed by atoms with van der Waals surface area (Å²) in [4.78, 5) is 8.19. The minimum atomic E-state index is 0.533. The molecular weight excluding hydrogens is 254 g/mol. The van der Waals surface area contributed by atoms with Crippen LogP contribution in [-0.2, 0) is 6.54 Å². The first-order chi connectivity index (χ1) is 8.36. The molecule has 3 rings (SSSR count). The summed E-state index contributed by atoms with van der Waals surface area (Å²) < 4.78 is 2.10. The number of rotatable bonds is 3. The highest BCUT2D eigenvalue weighted by Gasteiger charge is 2.22. The topological polar surface area (TPSA) is 20.5 Å². The lowest BCUT2D eigenvalue weighted by Gasteiger charge is -2.33. The Bertz CT molecular complexity index is 464. The average Bonchev–Trinajstić information content (AvgIpc) is 2.90. The van der Waals surface area contributed by atoms with Gasteiger partial charge in [-0.3, -0.25) is 9.30 Å². The number of nitrogens with zero attached hydrogens (tertiary/aromatic N) is 3. The van der Waals surface area contributed by atoms with E-state index in [4.69, 9.17) is 11.6 Å². The smallest absolute Gasteiger partial charge is 0.193 e. The number of halogens is 1. The molecule has 1 unspecified atom stereocenters. The quantitative estimate of drug-likeness (QED) is 0.799. The van der Waals surface area contributed by atoms with Crippen molar-refractivity contribution in [3.05, 3.63) is 23.5 Å². The monoisotopic (exact) mass is 269 g/mol. The van der Waals surface area contributed by atoms with Crippen molar-refractivity contribution in [3.8, 4) is 0 Å². The van der Waals surface area contributed by atoms with E-state index in [9.17, 15) is 0 Å². The van der Waals surface area contributed by atoms with Gasteiger partial charge in [-0.05, 0) is 19.4 Å². The highest BCUT2D eigenvalue weighted by Crippen LogP contribution is 2.21. The van der Waals surface area contributed by atoms with Crippen molar-refractivity contribution in [2.45, 2.75) is 31.8 Å². The van der Waals surface area contributed by atoms with Gasteiger partial charge in [0.2, 0.25) is 0 Å². The molecule has 0 amide bonds. The van der Waals surface area contributed by atoms with E-state index in [1.54, 1.807) is 11.3 Å². The third-order valence-corrected chi connectivity index (χ3v) is 4.56. The molecule has 1 atom stereocenters. The molecule has 1 aliphatic rings. The molecule has 0 saturated carbocycles. The summed E-state index contributed by atoms with van der Waals surface area (Å²) in [6.07, 6.45) is 8.02. The molecule has 1 saturated heterocycles. The molecule has 2 aromatic rings. The Morgan fingerprint density at radius 3 is 3.24 bits per heavy atom. The average molecular weight is 270 g/mol. The molecule has 0 aliphatic carbocycles. The van der Waals surface area contributed by atoms with Gasteiger partial charge in [-0.15, -0.1) is 22.9 Å². The lowest BCUT2D eigenvalue weighted by Crippen LogP contribution is -2.40. The van der Waals surface area contributed by atoms with Gasteiger partial charge in [0.15, 0.2) is 4.96 Å². The van der Waals surface area contributed by atoms with Gasteiger partial charge in [0.05, 0.1) is 5.69 Å². The summed E-state index contributed by atoms with van der Waals surface area (Å²) in [5, 5.41) is 2.06. The summed E-state index contributed by atoms with van der Waals surface area (Å²) in [5.74, 6) is 0.738. The van der Waals surface area contributed by atoms with E-state index < -0.39 is 0 Å². The lowest BCUT2D eigenvalue weighted by atomic mass is 10.0. The summed E-state index contributed by atoms with van der Waals surface area (Å²) in [6, 6.07) is 0.533. The summed E-state index contributed by atoms with van der Waals surface area (Å²) in [7, 11) is 0. The number of hydrogen-bond acceptors (Lipinski definition) is 3. The summed E-state index contributed by atoms with van der Waals surface area (Å²) >= 11 is 7.72. The zero-order chi connectivity index (χ0) is 11.7. The minimum Gasteiger partial charge on any atom is -0.297 e. The van der Waals surface area contributed by atoms with Gasteiger partial charge < -0.3 is 0 Å². The van der Waals surface area contributed by atoms with Crippen LogP contribution in [0.2, 0.25) is 0 Å². The predicted molar refractivity (Wildman–Crippen MR) is 71.8 cm³/mol. The molecule has 0 spiro atoms. The fourth-order valence-electron chi connectivity index (χ4n) is 2.50. The van der Waals surface area contributed by atoms with Crippen LogP contribution in [0.5, 0.6) is 0 Å². The second kappa shape index (κ2) is 4.96. The predicted octanol–water partition coefficient (Wildman–Crippen LogP) is 2.99. The van der Waals surface area contributed by atoms with Gasteiger partial charge in [0.1, 0.15) is 0 Å². The van der Waals surface area contributed by atoms with Crippen molar-refractivity contribution in [3.63, 3.8) is 0 Å². The van der Waals surface area contributed by atoms with Gasteiger partial charge in [-0.2, -0.15) is 0 Å². The zero-order valence-electron chi connectivity index (χ0n) is 9.68. The van der Waals surface area contributed by atoms with Crippen LogP contribution in [0.15, 0.2) is 17.8 Å². The molecule has 3 heterocycles. The highest BCUT2D eigenvalue weighted by molar-refractivity contribution is 7.15. The Balaban J connectivity index is 1.74. The number of hydrogen-bond donors (Lipinski definition) is 0. The molecule has 0 radical (unpaired) electrons. The second-order valence-electron chi connectivity index (χ2n) is 4.60. The molecule has 3 nitrogen and oxygen atoms in total. The van der Waals surface area contributed by atoms with Crippen molar-refractivity contribution in [2.75, 3.05) is 12.4 Å². The SMILES string of the molecule is ClCC1CCCCN1Cc1cn2ccsc2n1. The molecule has 1 aliphatic heterocycles. The first kappa shape index (κ1) is 11.5. The van der Waals surface area contributed by atoms with E-state index in [-0.39, 0.29) is 0 Å². The maximum Gasteiger partial charge on any atom is 0.193 e. The first-order valence-electron chi connectivity index (χ1n) is 6.08. The Hall–Kier alpha value is -0.580. The van der Waals surface area contributed by atoms with Crippen molar-refractivity contribution >= 4 is 27.9 Å². The number of likely N-dealkylation sites (tertiary alicyclic amines) is 1. The minimum absolute atomic E-state index is 0.533. The van der Waals surface area contributed by atoms with E-state index in [1.807, 2.05) is 0 Å². The number of fused-ring (bicyclic) bond motifs is 1. The molecule has 2 aromatic heterocycles. The van der Waals surface area contributed by atoms with Crippen LogP contribution in [0.25, 0.3) is 4.96 Å². The highest BCUT2D eigenvalue weighted by atomic mass is 35.5. The largest absolute Gasteiger partial charge is 0.297 e. The van der Waals surface area contributed by atoms with E-state index in [2.05, 4.69) is 32.1 Å². The number of piperidine rings is 1. The third-order valence-electron chi connectivity index (χ3n) is 3.44. The van der Waals surface area contributed by atoms with E-state index in [0.29, 0.717) is 6.04 Å². The lowest BCUT2D eigenvalue weighted by molar-refractivity contribution is 0.153. The third kappa shape index (κ3) is 2.34. The van der Waals surface area contributed by atoms with Crippen LogP contribution in [0, 0.1) is 0 Å². The van der Waals surface area contributed by atoms with E-state index in [1.165, 1.54) is 19.3 Å². The van der Waals surface area contributed by atoms with Crippen LogP contribution in [0.3, 0.4) is 0 Å². The fourth-order valence-corrected chi connectivity index (χ4v) is 3.57. The van der Waals surface area contributed by atoms with Crippen LogP contribution in [-0.4, -0.2) is 32.8 Å². The van der Waals surface area contributed by atoms with Crippen LogP contribution in [0.1, 0.15) is 25.0 Å². The number of thiazole rings is 1. The normalized spacial score (nSPS) is 22.3. The van der Waals surface area contributed by atoms with Crippen molar-refractivity contribution in [1.82, 2.24) is 14.3 Å². The second-order valence-corrected chi connectivity index (χ2v) is 5.78. The van der Waals surface area contributed by atoms with Crippen molar-refractivity contribution < 1.29 is 0 Å². The number of imidazole rings is 1. The van der Waals surface area contributed by atoms with Gasteiger partial charge >= 0.3 is 0 Å². The number of aromatic nitrogens is 2. The van der Waals surface area contributed by atoms with Crippen molar-refractivity contribution in [1.29, 1.82) is 0 Å². The Labute approximate surface area is 110 Å². The maximum absolute atomic E-state index is 6.03. The molecule has 17 heavy (non-hydrogen) atoms. The van der Waals surface area contributed by atoms with Crippen LogP contribution >= 0.6 is 22.9 Å². The number of alkyl halides is 1. The van der Waals surface area contributed by atoms with Crippen molar-refractivity contribution in [2.24, 2.45) is 0 Å². The van der Waals surface area contributed by atoms with E-state index >= 15 is 0 Å². The Kier molecular flexibility index (Phi) is 3.36. The van der Waals surface area contributed by atoms with Crippen LogP contribution in [0.4, 0.5) is 0 Å². The molecular formula is C12H16ClN3S. The molecule has 0 bridgehead atoms. The standard InChI is InChI=1S/C12H16ClN3S/c13-7-11-3-1-2-4-15(11)8-10-9-16-5-6-17-12(16)14-10/h5-6,9,11H,1-4,7-8H2. The zero-order valence-corrected chi connectivity index (χ0v) is 11.3. The van der Waals surface area contributed by atoms with Gasteiger partial charge in [-0.1, -0.05) is 6.42 Å². The van der Waals surface area contributed by atoms with Gasteiger partial charge in [0.25, 0.3) is 0 Å². The maximum atomic E-state index is 6.03. The summed E-state index contributed by atoms with van der Waals surface area (Å²) in [5.41, 5.74) is 1.16. The van der Waals surface area contributed by atoms with E-state index in [0.717, 1.165) is 29.6 Å². The molecule has 0 aromatic carbocycles. The Morgan fingerprint density at radius 2 is 2.41 bits per heavy atom. The Morgan fingerprint density at radius 1 is 1.47 bits per heavy atom. The molecule has 0 N–H and O–H groups in total. The fraction of sp³-hybridized carbons (Fsp3) is 0.583. The van der Waals surface area contributed by atoms with Gasteiger partial charge in [0, 0.05) is 36.2 Å². The van der Waals surface area contributed by atoms with Crippen LogP contribution < -0.4 is 0 Å². The molecule has 5 heteroatoms.